The predicted molar refractivity (Wildman–Crippen MR) is 78.9 cm³/mol. The van der Waals surface area contributed by atoms with E-state index in [4.69, 9.17) is 11.6 Å². The van der Waals surface area contributed by atoms with Crippen molar-refractivity contribution in [2.24, 2.45) is 0 Å². The van der Waals surface area contributed by atoms with Gasteiger partial charge >= 0.3 is 0 Å². The molecule has 0 saturated heterocycles. The standard InChI is InChI=1S/C15H10ClN3O/c16-11-5-1-2-6-12(11)19-15(20)10-4-3-7-13-14(10)18-9-8-17-13/h1-9H,(H,19,20). The Kier molecular flexibility index (Phi) is 3.31. The van der Waals surface area contributed by atoms with E-state index in [1.54, 1.807) is 42.7 Å². The molecule has 98 valence electrons. The maximum absolute atomic E-state index is 12.3. The van der Waals surface area contributed by atoms with Gasteiger partial charge in [-0.25, -0.2) is 0 Å². The first-order chi connectivity index (χ1) is 9.75. The van der Waals surface area contributed by atoms with E-state index >= 15 is 0 Å². The summed E-state index contributed by atoms with van der Waals surface area (Å²) in [5.41, 5.74) is 2.29. The summed E-state index contributed by atoms with van der Waals surface area (Å²) in [6, 6.07) is 12.4. The Hall–Kier alpha value is -2.46. The van der Waals surface area contributed by atoms with Gasteiger partial charge in [-0.05, 0) is 24.3 Å². The van der Waals surface area contributed by atoms with Gasteiger partial charge in [-0.1, -0.05) is 29.8 Å². The molecule has 0 aliphatic carbocycles. The van der Waals surface area contributed by atoms with Gasteiger partial charge in [0.2, 0.25) is 0 Å². The number of benzene rings is 2. The zero-order chi connectivity index (χ0) is 13.9. The Balaban J connectivity index is 1.99. The SMILES string of the molecule is O=C(Nc1ccccc1Cl)c1cccc2nccnc12. The van der Waals surface area contributed by atoms with Crippen molar-refractivity contribution < 1.29 is 4.79 Å². The van der Waals surface area contributed by atoms with Crippen LogP contribution in [0.2, 0.25) is 5.02 Å². The van der Waals surface area contributed by atoms with Crippen LogP contribution in [0.4, 0.5) is 5.69 Å². The maximum atomic E-state index is 12.3. The van der Waals surface area contributed by atoms with Crippen LogP contribution in [0.25, 0.3) is 11.0 Å². The van der Waals surface area contributed by atoms with E-state index < -0.39 is 0 Å². The van der Waals surface area contributed by atoms with E-state index in [-0.39, 0.29) is 5.91 Å². The Morgan fingerprint density at radius 2 is 1.80 bits per heavy atom. The van der Waals surface area contributed by atoms with E-state index in [1.807, 2.05) is 12.1 Å². The van der Waals surface area contributed by atoms with Crippen LogP contribution in [0.5, 0.6) is 0 Å². The first kappa shape index (κ1) is 12.6. The van der Waals surface area contributed by atoms with Gasteiger partial charge in [0.05, 0.1) is 21.8 Å². The largest absolute Gasteiger partial charge is 0.321 e. The minimum absolute atomic E-state index is 0.260. The second-order valence-electron chi connectivity index (χ2n) is 4.16. The van der Waals surface area contributed by atoms with Crippen molar-refractivity contribution in [1.29, 1.82) is 0 Å². The zero-order valence-corrected chi connectivity index (χ0v) is 11.1. The van der Waals surface area contributed by atoms with E-state index in [9.17, 15) is 4.79 Å². The molecule has 0 atom stereocenters. The number of hydrogen-bond donors (Lipinski definition) is 1. The van der Waals surface area contributed by atoms with Gasteiger partial charge in [0, 0.05) is 12.4 Å². The number of nitrogens with zero attached hydrogens (tertiary/aromatic N) is 2. The molecule has 0 aliphatic heterocycles. The van der Waals surface area contributed by atoms with Crippen molar-refractivity contribution in [1.82, 2.24) is 9.97 Å². The number of amides is 1. The topological polar surface area (TPSA) is 54.9 Å². The van der Waals surface area contributed by atoms with Crippen molar-refractivity contribution in [2.75, 3.05) is 5.32 Å². The number of aromatic nitrogens is 2. The van der Waals surface area contributed by atoms with Gasteiger partial charge in [0.1, 0.15) is 5.52 Å². The molecule has 1 amide bonds. The molecular formula is C15H10ClN3O. The minimum Gasteiger partial charge on any atom is -0.321 e. The molecule has 1 aromatic heterocycles. The van der Waals surface area contributed by atoms with Crippen LogP contribution in [0.1, 0.15) is 10.4 Å². The highest BCUT2D eigenvalue weighted by Gasteiger charge is 2.12. The summed E-state index contributed by atoms with van der Waals surface area (Å²) in [5, 5.41) is 3.27. The summed E-state index contributed by atoms with van der Waals surface area (Å²) < 4.78 is 0. The highest BCUT2D eigenvalue weighted by molar-refractivity contribution is 6.34. The molecule has 2 aromatic carbocycles. The van der Waals surface area contributed by atoms with Crippen LogP contribution in [0, 0.1) is 0 Å². The summed E-state index contributed by atoms with van der Waals surface area (Å²) >= 11 is 6.03. The van der Waals surface area contributed by atoms with E-state index in [0.717, 1.165) is 0 Å². The lowest BCUT2D eigenvalue weighted by Crippen LogP contribution is -2.13. The van der Waals surface area contributed by atoms with Gasteiger partial charge in [-0.15, -0.1) is 0 Å². The predicted octanol–water partition coefficient (Wildman–Crippen LogP) is 3.54. The first-order valence-corrected chi connectivity index (χ1v) is 6.39. The fourth-order valence-electron chi connectivity index (χ4n) is 1.93. The fourth-order valence-corrected chi connectivity index (χ4v) is 2.11. The van der Waals surface area contributed by atoms with Crippen LogP contribution < -0.4 is 5.32 Å². The van der Waals surface area contributed by atoms with Gasteiger partial charge in [0.25, 0.3) is 5.91 Å². The Morgan fingerprint density at radius 1 is 1.00 bits per heavy atom. The molecule has 3 rings (SSSR count). The molecule has 5 heteroatoms. The fraction of sp³-hybridized carbons (Fsp3) is 0. The van der Waals surface area contributed by atoms with Gasteiger partial charge in [-0.3, -0.25) is 14.8 Å². The molecule has 0 bridgehead atoms. The summed E-state index contributed by atoms with van der Waals surface area (Å²) in [5.74, 6) is -0.260. The molecule has 1 N–H and O–H groups in total. The van der Waals surface area contributed by atoms with Crippen LogP contribution in [-0.4, -0.2) is 15.9 Å². The third kappa shape index (κ3) is 2.33. The quantitative estimate of drug-likeness (QED) is 0.783. The van der Waals surface area contributed by atoms with Crippen molar-refractivity contribution in [2.45, 2.75) is 0 Å². The molecule has 0 saturated carbocycles. The van der Waals surface area contributed by atoms with Crippen LogP contribution >= 0.6 is 11.6 Å². The van der Waals surface area contributed by atoms with Crippen molar-refractivity contribution in [3.63, 3.8) is 0 Å². The molecule has 0 radical (unpaired) electrons. The molecule has 1 heterocycles. The molecule has 0 aliphatic rings. The summed E-state index contributed by atoms with van der Waals surface area (Å²) in [6.45, 7) is 0. The van der Waals surface area contributed by atoms with E-state index in [0.29, 0.717) is 27.3 Å². The van der Waals surface area contributed by atoms with Gasteiger partial charge in [-0.2, -0.15) is 0 Å². The van der Waals surface area contributed by atoms with E-state index in [1.165, 1.54) is 0 Å². The summed E-state index contributed by atoms with van der Waals surface area (Å²) in [7, 11) is 0. The van der Waals surface area contributed by atoms with E-state index in [2.05, 4.69) is 15.3 Å². The second-order valence-corrected chi connectivity index (χ2v) is 4.57. The zero-order valence-electron chi connectivity index (χ0n) is 10.4. The average molecular weight is 284 g/mol. The smallest absolute Gasteiger partial charge is 0.257 e. The molecule has 0 fully saturated rings. The first-order valence-electron chi connectivity index (χ1n) is 6.01. The van der Waals surface area contributed by atoms with Gasteiger partial charge < -0.3 is 5.32 Å². The van der Waals surface area contributed by atoms with Crippen molar-refractivity contribution in [3.05, 3.63) is 65.4 Å². The minimum atomic E-state index is -0.260. The van der Waals surface area contributed by atoms with Crippen molar-refractivity contribution in [3.8, 4) is 0 Å². The number of nitrogens with one attached hydrogen (secondary N) is 1. The Labute approximate surface area is 120 Å². The highest BCUT2D eigenvalue weighted by atomic mass is 35.5. The molecule has 0 unspecified atom stereocenters. The lowest BCUT2D eigenvalue weighted by atomic mass is 10.1. The summed E-state index contributed by atoms with van der Waals surface area (Å²) in [4.78, 5) is 20.7. The third-order valence-corrected chi connectivity index (χ3v) is 3.19. The Morgan fingerprint density at radius 3 is 2.65 bits per heavy atom. The molecule has 0 spiro atoms. The number of para-hydroxylation sites is 2. The number of rotatable bonds is 2. The number of halogens is 1. The number of hydrogen-bond acceptors (Lipinski definition) is 3. The van der Waals surface area contributed by atoms with Crippen molar-refractivity contribution >= 4 is 34.2 Å². The average Bonchev–Trinajstić information content (AvgIpc) is 2.49. The van der Waals surface area contributed by atoms with Crippen LogP contribution in [0.15, 0.2) is 54.9 Å². The van der Waals surface area contributed by atoms with Gasteiger partial charge in [0.15, 0.2) is 0 Å². The monoisotopic (exact) mass is 283 g/mol. The normalized spacial score (nSPS) is 10.4. The number of fused-ring (bicyclic) bond motifs is 1. The lowest BCUT2D eigenvalue weighted by Gasteiger charge is -2.08. The van der Waals surface area contributed by atoms with Crippen LogP contribution in [0.3, 0.4) is 0 Å². The molecular weight excluding hydrogens is 274 g/mol. The Bertz CT molecular complexity index is 783. The lowest BCUT2D eigenvalue weighted by molar-refractivity contribution is 0.102. The molecule has 4 nitrogen and oxygen atoms in total. The van der Waals surface area contributed by atoms with Crippen LogP contribution in [-0.2, 0) is 0 Å². The number of carbonyl (C=O) groups excluding carboxylic acids is 1. The third-order valence-electron chi connectivity index (χ3n) is 2.87. The molecule has 20 heavy (non-hydrogen) atoms. The number of anilines is 1. The number of carbonyl (C=O) groups is 1. The second kappa shape index (κ2) is 5.27. The summed E-state index contributed by atoms with van der Waals surface area (Å²) in [6.07, 6.45) is 3.16. The molecule has 3 aromatic rings. The maximum Gasteiger partial charge on any atom is 0.257 e. The highest BCUT2D eigenvalue weighted by Crippen LogP contribution is 2.22.